The summed E-state index contributed by atoms with van der Waals surface area (Å²) in [4.78, 5) is 16.1. The van der Waals surface area contributed by atoms with Gasteiger partial charge in [-0.25, -0.2) is 27.3 Å². The summed E-state index contributed by atoms with van der Waals surface area (Å²) in [6.07, 6.45) is 15.4. The maximum atomic E-state index is 14.2. The van der Waals surface area contributed by atoms with Crippen LogP contribution in [0, 0.1) is 63.7 Å². The van der Waals surface area contributed by atoms with Crippen molar-refractivity contribution in [1.29, 1.82) is 0 Å². The molecule has 4 aliphatic carbocycles. The van der Waals surface area contributed by atoms with Crippen LogP contribution in [0.1, 0.15) is 96.8 Å². The van der Waals surface area contributed by atoms with Crippen LogP contribution >= 0.6 is 0 Å². The van der Waals surface area contributed by atoms with E-state index in [9.17, 15) is 22.4 Å². The summed E-state index contributed by atoms with van der Waals surface area (Å²) in [5.41, 5.74) is -1.20. The number of aryl methyl sites for hydroxylation is 1. The first-order valence-electron chi connectivity index (χ1n) is 14.3. The van der Waals surface area contributed by atoms with Crippen molar-refractivity contribution in [2.45, 2.75) is 97.3 Å². The predicted octanol–water partition coefficient (Wildman–Crippen LogP) is 8.12. The lowest BCUT2D eigenvalue weighted by Crippen LogP contribution is -2.52. The zero-order chi connectivity index (χ0) is 26.1. The highest BCUT2D eigenvalue weighted by Gasteiger charge is 2.59. The van der Waals surface area contributed by atoms with Gasteiger partial charge in [0.25, 0.3) is 0 Å². The molecular weight excluding hydrogens is 482 g/mol. The lowest BCUT2D eigenvalue weighted by Gasteiger charge is -2.60. The lowest BCUT2D eigenvalue weighted by molar-refractivity contribution is -0.111. The molecule has 0 aliphatic heterocycles. The third-order valence-electron chi connectivity index (χ3n) is 11.6. The molecule has 1 aromatic heterocycles. The van der Waals surface area contributed by atoms with Crippen LogP contribution in [0.5, 0.6) is 0 Å². The molecule has 7 heteroatoms. The summed E-state index contributed by atoms with van der Waals surface area (Å²) in [5.74, 6) is -3.54. The van der Waals surface area contributed by atoms with Crippen molar-refractivity contribution < 1.29 is 22.0 Å². The van der Waals surface area contributed by atoms with Gasteiger partial charge in [0, 0.05) is 6.42 Å². The first-order chi connectivity index (χ1) is 17.6. The van der Waals surface area contributed by atoms with Gasteiger partial charge in [0.2, 0.25) is 0 Å². The quantitative estimate of drug-likeness (QED) is 0.233. The average Bonchev–Trinajstić information content (AvgIpc) is 3.21. The van der Waals surface area contributed by atoms with Crippen LogP contribution in [-0.4, -0.2) is 4.98 Å². The molecule has 3 nitrogen and oxygen atoms in total. The van der Waals surface area contributed by atoms with Crippen molar-refractivity contribution in [3.05, 3.63) is 39.6 Å². The molecule has 0 spiro atoms. The predicted molar refractivity (Wildman–Crippen MR) is 133 cm³/mol. The van der Waals surface area contributed by atoms with Crippen LogP contribution in [0.3, 0.4) is 0 Å². The molecule has 0 radical (unpaired) electrons. The maximum Gasteiger partial charge on any atom is 0.350 e. The molecule has 4 saturated carbocycles. The molecule has 0 saturated heterocycles. The molecule has 37 heavy (non-hydrogen) atoms. The molecule has 7 unspecified atom stereocenters. The van der Waals surface area contributed by atoms with Crippen molar-refractivity contribution in [3.8, 4) is 0 Å². The second kappa shape index (κ2) is 9.08. The van der Waals surface area contributed by atoms with E-state index in [1.54, 1.807) is 0 Å². The Morgan fingerprint density at radius 1 is 0.838 bits per heavy atom. The van der Waals surface area contributed by atoms with Gasteiger partial charge in [0.05, 0.1) is 0 Å². The number of benzene rings is 1. The number of aromatic nitrogens is 1. The van der Waals surface area contributed by atoms with E-state index >= 15 is 0 Å². The van der Waals surface area contributed by atoms with Crippen LogP contribution < -0.4 is 5.63 Å². The zero-order valence-corrected chi connectivity index (χ0v) is 21.9. The topological polar surface area (TPSA) is 43.1 Å². The van der Waals surface area contributed by atoms with E-state index in [1.807, 2.05) is 0 Å². The van der Waals surface area contributed by atoms with Gasteiger partial charge in [-0.15, -0.1) is 0 Å². The Balaban J connectivity index is 1.16. The Kier molecular flexibility index (Phi) is 6.23. The Morgan fingerprint density at radius 3 is 2.41 bits per heavy atom. The zero-order valence-electron chi connectivity index (χ0n) is 21.9. The molecule has 4 aliphatic rings. The van der Waals surface area contributed by atoms with Gasteiger partial charge in [0.15, 0.2) is 29.2 Å². The van der Waals surface area contributed by atoms with E-state index < -0.39 is 39.8 Å². The molecule has 6 rings (SSSR count). The molecule has 0 bridgehead atoms. The minimum absolute atomic E-state index is 0.0613. The lowest BCUT2D eigenvalue weighted by atomic mass is 9.45. The summed E-state index contributed by atoms with van der Waals surface area (Å²) in [5, 5.41) is -0.982. The van der Waals surface area contributed by atoms with E-state index in [0.29, 0.717) is 23.2 Å². The van der Waals surface area contributed by atoms with E-state index in [-0.39, 0.29) is 12.3 Å². The SMILES string of the molecule is CC12CCCCC1CCC1C2CCC2(C)C(CCCc3nc4c(F)c(F)c(F)c(F)c4c(=O)o3)CCC12. The molecule has 4 fully saturated rings. The van der Waals surface area contributed by atoms with Gasteiger partial charge < -0.3 is 4.42 Å². The highest BCUT2D eigenvalue weighted by Crippen LogP contribution is 2.67. The molecule has 7 atom stereocenters. The van der Waals surface area contributed by atoms with E-state index in [1.165, 1.54) is 64.2 Å². The Morgan fingerprint density at radius 2 is 1.59 bits per heavy atom. The standard InChI is InChI=1S/C30H37F4NO2/c1-29-14-4-3-6-16(29)9-11-18-19-12-10-17(30(19,2)15-13-20(18)29)7-5-8-21-35-27-22(28(36)37-21)23(31)24(32)25(33)26(27)34/h16-20H,3-15H2,1-2H3. The number of rotatable bonds is 4. The molecule has 2 aromatic rings. The molecule has 1 heterocycles. The third-order valence-corrected chi connectivity index (χ3v) is 11.6. The van der Waals surface area contributed by atoms with Crippen LogP contribution in [0.4, 0.5) is 17.6 Å². The van der Waals surface area contributed by atoms with Crippen LogP contribution in [-0.2, 0) is 6.42 Å². The first kappa shape index (κ1) is 25.4. The van der Waals surface area contributed by atoms with Crippen LogP contribution in [0.15, 0.2) is 9.21 Å². The number of hydrogen-bond donors (Lipinski definition) is 0. The van der Waals surface area contributed by atoms with Crippen molar-refractivity contribution in [3.63, 3.8) is 0 Å². The van der Waals surface area contributed by atoms with Gasteiger partial charge in [-0.3, -0.25) is 0 Å². The van der Waals surface area contributed by atoms with E-state index in [4.69, 9.17) is 4.42 Å². The van der Waals surface area contributed by atoms with Crippen LogP contribution in [0.25, 0.3) is 10.9 Å². The Hall–Kier alpha value is -1.92. The number of halogens is 4. The monoisotopic (exact) mass is 519 g/mol. The third kappa shape index (κ3) is 3.80. The minimum atomic E-state index is -2.03. The fourth-order valence-electron chi connectivity index (χ4n) is 9.70. The average molecular weight is 520 g/mol. The fourth-order valence-corrected chi connectivity index (χ4v) is 9.70. The van der Waals surface area contributed by atoms with Crippen LogP contribution in [0.2, 0.25) is 0 Å². The Labute approximate surface area is 215 Å². The van der Waals surface area contributed by atoms with Gasteiger partial charge in [0.1, 0.15) is 10.9 Å². The number of hydrogen-bond acceptors (Lipinski definition) is 3. The minimum Gasteiger partial charge on any atom is -0.408 e. The summed E-state index contributed by atoms with van der Waals surface area (Å²) in [7, 11) is 0. The number of fused-ring (bicyclic) bond motifs is 6. The molecule has 202 valence electrons. The highest BCUT2D eigenvalue weighted by atomic mass is 19.2. The Bertz CT molecular complexity index is 1280. The normalized spacial score (nSPS) is 37.3. The maximum absolute atomic E-state index is 14.2. The van der Waals surface area contributed by atoms with E-state index in [0.717, 1.165) is 30.1 Å². The first-order valence-corrected chi connectivity index (χ1v) is 14.3. The molecule has 1 aromatic carbocycles. The highest BCUT2D eigenvalue weighted by molar-refractivity contribution is 5.78. The summed E-state index contributed by atoms with van der Waals surface area (Å²) in [6.45, 7) is 5.09. The molecule has 0 N–H and O–H groups in total. The van der Waals surface area contributed by atoms with Crippen molar-refractivity contribution >= 4 is 10.9 Å². The largest absolute Gasteiger partial charge is 0.408 e. The molecule has 0 amide bonds. The van der Waals surface area contributed by atoms with Crippen molar-refractivity contribution in [2.24, 2.45) is 40.4 Å². The fraction of sp³-hybridized carbons (Fsp3) is 0.733. The van der Waals surface area contributed by atoms with Gasteiger partial charge in [-0.2, -0.15) is 0 Å². The summed E-state index contributed by atoms with van der Waals surface area (Å²) in [6, 6.07) is 0. The second-order valence-corrected chi connectivity index (χ2v) is 13.0. The van der Waals surface area contributed by atoms with Gasteiger partial charge in [-0.1, -0.05) is 26.7 Å². The summed E-state index contributed by atoms with van der Waals surface area (Å²) < 4.78 is 60.6. The summed E-state index contributed by atoms with van der Waals surface area (Å²) >= 11 is 0. The van der Waals surface area contributed by atoms with E-state index in [2.05, 4.69) is 18.8 Å². The number of nitrogens with zero attached hydrogens (tertiary/aromatic N) is 1. The molecular formula is C30H37F4NO2. The smallest absolute Gasteiger partial charge is 0.350 e. The second-order valence-electron chi connectivity index (χ2n) is 13.0. The van der Waals surface area contributed by atoms with Gasteiger partial charge >= 0.3 is 5.63 Å². The van der Waals surface area contributed by atoms with Crippen molar-refractivity contribution in [2.75, 3.05) is 0 Å². The van der Waals surface area contributed by atoms with Crippen molar-refractivity contribution in [1.82, 2.24) is 4.98 Å². The van der Waals surface area contributed by atoms with Gasteiger partial charge in [-0.05, 0) is 105 Å².